The third-order valence-electron chi connectivity index (χ3n) is 6.58. The van der Waals surface area contributed by atoms with E-state index in [1.165, 1.54) is 25.7 Å². The normalized spacial score (nSPS) is 15.0. The Morgan fingerprint density at radius 2 is 1.22 bits per heavy atom. The number of carboxylic acids is 1. The number of hydrogen-bond donors (Lipinski definition) is 3. The van der Waals surface area contributed by atoms with Crippen LogP contribution in [0.4, 0.5) is 0 Å². The molecule has 0 saturated carbocycles. The van der Waals surface area contributed by atoms with E-state index in [1.807, 2.05) is 12.2 Å². The van der Waals surface area contributed by atoms with Crippen molar-refractivity contribution in [1.29, 1.82) is 0 Å². The molecular formula is C35H60NO9P. The third kappa shape index (κ3) is 30.3. The number of carbonyl (C=O) groups is 2. The van der Waals surface area contributed by atoms with Gasteiger partial charge in [-0.15, -0.1) is 0 Å². The summed E-state index contributed by atoms with van der Waals surface area (Å²) in [7, 11) is -4.62. The maximum absolute atomic E-state index is 12.4. The zero-order chi connectivity index (χ0) is 34.1. The lowest BCUT2D eigenvalue weighted by Crippen LogP contribution is -2.34. The summed E-state index contributed by atoms with van der Waals surface area (Å²) in [6.45, 7) is 3.46. The van der Waals surface area contributed by atoms with E-state index in [0.717, 1.165) is 51.4 Å². The second-order valence-corrected chi connectivity index (χ2v) is 12.4. The van der Waals surface area contributed by atoms with E-state index in [9.17, 15) is 19.0 Å². The van der Waals surface area contributed by atoms with Crippen molar-refractivity contribution in [1.82, 2.24) is 0 Å². The van der Waals surface area contributed by atoms with Crippen LogP contribution in [0.5, 0.6) is 0 Å². The van der Waals surface area contributed by atoms with Gasteiger partial charge in [-0.25, -0.2) is 4.57 Å². The number of esters is 1. The van der Waals surface area contributed by atoms with Gasteiger partial charge in [0, 0.05) is 6.42 Å². The molecule has 0 amide bonds. The Balaban J connectivity index is 4.47. The quantitative estimate of drug-likeness (QED) is 0.0285. The number of carbonyl (C=O) groups excluding carboxylic acids is 1. The standard InChI is InChI=1S/C35H60NO9P/c1-3-5-7-9-11-13-14-15-16-17-18-19-20-22-24-26-28-42-29-32(30-43-46(40,41)44-31-33(36)35(38)39)45-34(37)27-25-23-21-12-10-8-6-4-2/h5,7,11,13,15-16,18-19,22,24,32-33H,3-4,6,8-10,12,14,17,20-21,23,25-31,36H2,1-2H3,(H,38,39)(H,40,41)/b7-5-,13-11-,16-15-,19-18-,24-22-. The van der Waals surface area contributed by atoms with Crippen LogP contribution in [0, 0.1) is 0 Å². The Morgan fingerprint density at radius 1 is 0.717 bits per heavy atom. The molecule has 0 aromatic rings. The average Bonchev–Trinajstić information content (AvgIpc) is 3.03. The molecule has 0 aromatic heterocycles. The minimum absolute atomic E-state index is 0.0392. The summed E-state index contributed by atoms with van der Waals surface area (Å²) in [6.07, 6.45) is 34.6. The van der Waals surface area contributed by atoms with Crippen LogP contribution in [-0.4, -0.2) is 60.5 Å². The molecule has 11 heteroatoms. The highest BCUT2D eigenvalue weighted by Crippen LogP contribution is 2.43. The average molecular weight is 670 g/mol. The lowest BCUT2D eigenvalue weighted by molar-refractivity contribution is -0.154. The maximum atomic E-state index is 12.4. The molecule has 4 N–H and O–H groups in total. The predicted octanol–water partition coefficient (Wildman–Crippen LogP) is 8.13. The van der Waals surface area contributed by atoms with Crippen LogP contribution >= 0.6 is 7.82 Å². The molecule has 3 unspecified atom stereocenters. The molecule has 0 heterocycles. The van der Waals surface area contributed by atoms with Crippen LogP contribution in [0.1, 0.15) is 110 Å². The van der Waals surface area contributed by atoms with Gasteiger partial charge in [0.05, 0.1) is 26.4 Å². The van der Waals surface area contributed by atoms with E-state index in [-0.39, 0.29) is 13.0 Å². The topological polar surface area (TPSA) is 155 Å². The van der Waals surface area contributed by atoms with Crippen molar-refractivity contribution in [3.05, 3.63) is 60.8 Å². The Morgan fingerprint density at radius 3 is 1.76 bits per heavy atom. The van der Waals surface area contributed by atoms with Crippen molar-refractivity contribution in [2.75, 3.05) is 26.4 Å². The number of ether oxygens (including phenoxy) is 2. The van der Waals surface area contributed by atoms with Crippen LogP contribution in [-0.2, 0) is 32.7 Å². The molecule has 0 bridgehead atoms. The predicted molar refractivity (Wildman–Crippen MR) is 184 cm³/mol. The number of nitrogens with two attached hydrogens (primary N) is 1. The number of allylic oxidation sites excluding steroid dienone is 9. The summed E-state index contributed by atoms with van der Waals surface area (Å²) >= 11 is 0. The molecule has 46 heavy (non-hydrogen) atoms. The fourth-order valence-electron chi connectivity index (χ4n) is 3.96. The first kappa shape index (κ1) is 43.7. The first-order chi connectivity index (χ1) is 22.2. The summed E-state index contributed by atoms with van der Waals surface area (Å²) in [5.41, 5.74) is 5.31. The van der Waals surface area contributed by atoms with Gasteiger partial charge in [-0.3, -0.25) is 18.6 Å². The molecule has 0 rings (SSSR count). The number of aliphatic carboxylic acids is 1. The lowest BCUT2D eigenvalue weighted by atomic mass is 10.1. The first-order valence-electron chi connectivity index (χ1n) is 16.8. The van der Waals surface area contributed by atoms with E-state index in [0.29, 0.717) is 19.4 Å². The number of hydrogen-bond acceptors (Lipinski definition) is 8. The Bertz CT molecular complexity index is 962. The monoisotopic (exact) mass is 669 g/mol. The van der Waals surface area contributed by atoms with E-state index in [4.69, 9.17) is 24.8 Å². The fourth-order valence-corrected chi connectivity index (χ4v) is 4.74. The lowest BCUT2D eigenvalue weighted by Gasteiger charge is -2.20. The van der Waals surface area contributed by atoms with Gasteiger partial charge in [-0.1, -0.05) is 120 Å². The smallest absolute Gasteiger partial charge is 0.472 e. The van der Waals surface area contributed by atoms with Gasteiger partial charge >= 0.3 is 19.8 Å². The molecule has 0 radical (unpaired) electrons. The van der Waals surface area contributed by atoms with E-state index < -0.39 is 45.1 Å². The van der Waals surface area contributed by atoms with Crippen molar-refractivity contribution in [3.8, 4) is 0 Å². The maximum Gasteiger partial charge on any atom is 0.472 e. The minimum Gasteiger partial charge on any atom is -0.480 e. The molecule has 264 valence electrons. The minimum atomic E-state index is -4.62. The van der Waals surface area contributed by atoms with E-state index in [1.54, 1.807) is 0 Å². The number of phosphoric acid groups is 1. The van der Waals surface area contributed by atoms with Gasteiger partial charge in [0.15, 0.2) is 0 Å². The van der Waals surface area contributed by atoms with Gasteiger partial charge in [0.2, 0.25) is 0 Å². The molecule has 0 aliphatic rings. The number of rotatable bonds is 31. The SMILES string of the molecule is CC/C=C\C/C=C\C/C=C\C/C=C\C/C=C\CCOCC(COP(=O)(O)OCC(N)C(=O)O)OC(=O)CCCCCCCCCC. The Kier molecular flexibility index (Phi) is 29.7. The molecule has 0 spiro atoms. The van der Waals surface area contributed by atoms with Crippen molar-refractivity contribution in [2.45, 2.75) is 122 Å². The second-order valence-electron chi connectivity index (χ2n) is 10.9. The third-order valence-corrected chi connectivity index (χ3v) is 7.53. The fraction of sp³-hybridized carbons (Fsp3) is 0.657. The van der Waals surface area contributed by atoms with Gasteiger partial charge in [0.1, 0.15) is 12.1 Å². The van der Waals surface area contributed by atoms with Crippen LogP contribution in [0.2, 0.25) is 0 Å². The van der Waals surface area contributed by atoms with Crippen LogP contribution in [0.3, 0.4) is 0 Å². The second kappa shape index (κ2) is 31.3. The zero-order valence-electron chi connectivity index (χ0n) is 28.1. The zero-order valence-corrected chi connectivity index (χ0v) is 29.0. The highest BCUT2D eigenvalue weighted by atomic mass is 31.2. The highest BCUT2D eigenvalue weighted by molar-refractivity contribution is 7.47. The van der Waals surface area contributed by atoms with Gasteiger partial charge in [-0.2, -0.15) is 0 Å². The molecule has 3 atom stereocenters. The Labute approximate surface area is 277 Å². The van der Waals surface area contributed by atoms with Crippen LogP contribution < -0.4 is 5.73 Å². The van der Waals surface area contributed by atoms with Crippen molar-refractivity contribution in [3.63, 3.8) is 0 Å². The largest absolute Gasteiger partial charge is 0.480 e. The van der Waals surface area contributed by atoms with Crippen LogP contribution in [0.15, 0.2) is 60.8 Å². The molecule has 0 saturated heterocycles. The molecule has 0 aliphatic heterocycles. The summed E-state index contributed by atoms with van der Waals surface area (Å²) in [4.78, 5) is 33.1. The molecule has 0 aliphatic carbocycles. The van der Waals surface area contributed by atoms with Gasteiger partial charge < -0.3 is 25.2 Å². The first-order valence-corrected chi connectivity index (χ1v) is 18.3. The summed E-state index contributed by atoms with van der Waals surface area (Å²) < 4.78 is 32.9. The van der Waals surface area contributed by atoms with E-state index in [2.05, 4.69) is 67.0 Å². The molecule has 0 fully saturated rings. The highest BCUT2D eigenvalue weighted by Gasteiger charge is 2.27. The van der Waals surface area contributed by atoms with Crippen molar-refractivity contribution >= 4 is 19.8 Å². The summed E-state index contributed by atoms with van der Waals surface area (Å²) in [5.74, 6) is -1.82. The molecule has 0 aromatic carbocycles. The van der Waals surface area contributed by atoms with Gasteiger partial charge in [-0.05, 0) is 44.9 Å². The van der Waals surface area contributed by atoms with Crippen LogP contribution in [0.25, 0.3) is 0 Å². The summed E-state index contributed by atoms with van der Waals surface area (Å²) in [5, 5.41) is 8.82. The number of unbranched alkanes of at least 4 members (excludes halogenated alkanes) is 7. The van der Waals surface area contributed by atoms with Crippen molar-refractivity contribution < 1.29 is 42.7 Å². The molecular weight excluding hydrogens is 609 g/mol. The molecule has 10 nitrogen and oxygen atoms in total. The van der Waals surface area contributed by atoms with E-state index >= 15 is 0 Å². The number of carboxylic acid groups (broad SMARTS) is 1. The Hall–Kier alpha value is -2.33. The van der Waals surface area contributed by atoms with Gasteiger partial charge in [0.25, 0.3) is 0 Å². The number of phosphoric ester groups is 1. The summed E-state index contributed by atoms with van der Waals surface area (Å²) in [6, 6.07) is -1.48. The van der Waals surface area contributed by atoms with Crippen molar-refractivity contribution in [2.24, 2.45) is 5.73 Å².